The van der Waals surface area contributed by atoms with Gasteiger partial charge in [-0.15, -0.1) is 0 Å². The van der Waals surface area contributed by atoms with Gasteiger partial charge in [-0.2, -0.15) is 4.31 Å². The van der Waals surface area contributed by atoms with E-state index in [9.17, 15) is 13.2 Å². The molecule has 2 aliphatic rings. The summed E-state index contributed by atoms with van der Waals surface area (Å²) in [7, 11) is -3.92. The quantitative estimate of drug-likeness (QED) is 0.895. The van der Waals surface area contributed by atoms with Crippen LogP contribution in [-0.2, 0) is 19.6 Å². The fourth-order valence-corrected chi connectivity index (χ4v) is 4.29. The summed E-state index contributed by atoms with van der Waals surface area (Å²) in [5, 5.41) is 8.84. The Morgan fingerprint density at radius 1 is 1.43 bits per heavy atom. The van der Waals surface area contributed by atoms with Crippen molar-refractivity contribution in [2.24, 2.45) is 0 Å². The van der Waals surface area contributed by atoms with E-state index in [2.05, 4.69) is 0 Å². The number of ether oxygens (including phenoxy) is 1. The van der Waals surface area contributed by atoms with E-state index in [1.165, 1.54) is 12.1 Å². The molecular weight excluding hydrogens is 322 g/mol. The van der Waals surface area contributed by atoms with E-state index in [1.807, 2.05) is 0 Å². The zero-order valence-corrected chi connectivity index (χ0v) is 12.6. The second-order valence-electron chi connectivity index (χ2n) is 5.34. The van der Waals surface area contributed by atoms with Crippen LogP contribution in [0.2, 0.25) is 5.22 Å². The summed E-state index contributed by atoms with van der Waals surface area (Å²) in [6, 6.07) is 2.60. The zero-order chi connectivity index (χ0) is 15.3. The molecule has 2 heterocycles. The van der Waals surface area contributed by atoms with E-state index < -0.39 is 27.7 Å². The van der Waals surface area contributed by atoms with Crippen molar-refractivity contribution in [1.82, 2.24) is 4.31 Å². The number of nitrogens with zero attached hydrogens (tertiary/aromatic N) is 1. The highest BCUT2D eigenvalue weighted by Gasteiger charge is 2.50. The number of carboxylic acid groups (broad SMARTS) is 1. The number of rotatable bonds is 3. The lowest BCUT2D eigenvalue weighted by Crippen LogP contribution is -2.61. The Morgan fingerprint density at radius 2 is 2.14 bits per heavy atom. The van der Waals surface area contributed by atoms with Gasteiger partial charge in [0.1, 0.15) is 0 Å². The third-order valence-corrected chi connectivity index (χ3v) is 5.80. The van der Waals surface area contributed by atoms with Crippen LogP contribution in [-0.4, -0.2) is 48.6 Å². The van der Waals surface area contributed by atoms with Crippen LogP contribution in [0.5, 0.6) is 0 Å². The Balaban J connectivity index is 1.91. The van der Waals surface area contributed by atoms with Gasteiger partial charge in [-0.05, 0) is 43.0 Å². The van der Waals surface area contributed by atoms with E-state index in [4.69, 9.17) is 25.9 Å². The van der Waals surface area contributed by atoms with Crippen LogP contribution in [0.3, 0.4) is 0 Å². The molecule has 116 valence electrons. The number of morpholine rings is 1. The van der Waals surface area contributed by atoms with Gasteiger partial charge >= 0.3 is 5.97 Å². The van der Waals surface area contributed by atoms with Crippen LogP contribution in [0, 0.1) is 0 Å². The molecule has 1 saturated carbocycles. The van der Waals surface area contributed by atoms with E-state index in [0.29, 0.717) is 12.8 Å². The van der Waals surface area contributed by atoms with Gasteiger partial charge in [0, 0.05) is 6.54 Å². The molecule has 1 aliphatic heterocycles. The molecule has 1 atom stereocenters. The Morgan fingerprint density at radius 3 is 2.62 bits per heavy atom. The van der Waals surface area contributed by atoms with Gasteiger partial charge in [-0.3, -0.25) is 0 Å². The molecule has 0 aromatic carbocycles. The third kappa shape index (κ3) is 2.57. The van der Waals surface area contributed by atoms with Gasteiger partial charge < -0.3 is 14.3 Å². The summed E-state index contributed by atoms with van der Waals surface area (Å²) in [6.45, 7) is -0.102. The first-order valence-electron chi connectivity index (χ1n) is 6.49. The molecule has 0 amide bonds. The Labute approximate surface area is 126 Å². The average molecular weight is 336 g/mol. The second kappa shape index (κ2) is 4.98. The molecule has 1 spiro atoms. The lowest BCUT2D eigenvalue weighted by atomic mass is 9.79. The minimum Gasteiger partial charge on any atom is -0.479 e. The minimum atomic E-state index is -3.92. The number of aliphatic carboxylic acids is 1. The first-order chi connectivity index (χ1) is 9.82. The highest BCUT2D eigenvalue weighted by Crippen LogP contribution is 2.41. The fourth-order valence-electron chi connectivity index (χ4n) is 2.67. The summed E-state index contributed by atoms with van der Waals surface area (Å²) >= 11 is 5.61. The minimum absolute atomic E-state index is 0.0324. The van der Waals surface area contributed by atoms with Crippen molar-refractivity contribution in [1.29, 1.82) is 0 Å². The summed E-state index contributed by atoms with van der Waals surface area (Å²) in [5.41, 5.74) is -0.690. The third-order valence-electron chi connectivity index (χ3n) is 3.91. The zero-order valence-electron chi connectivity index (χ0n) is 11.0. The van der Waals surface area contributed by atoms with Crippen molar-refractivity contribution < 1.29 is 27.5 Å². The summed E-state index contributed by atoms with van der Waals surface area (Å²) in [5.74, 6) is -1.17. The van der Waals surface area contributed by atoms with Gasteiger partial charge in [0.05, 0.1) is 12.1 Å². The lowest BCUT2D eigenvalue weighted by molar-refractivity contribution is -0.196. The fraction of sp³-hybridized carbons (Fsp3) is 0.583. The van der Waals surface area contributed by atoms with Crippen molar-refractivity contribution in [2.75, 3.05) is 13.1 Å². The second-order valence-corrected chi connectivity index (χ2v) is 7.58. The largest absolute Gasteiger partial charge is 0.479 e. The molecule has 1 saturated heterocycles. The van der Waals surface area contributed by atoms with Crippen LogP contribution in [0.25, 0.3) is 0 Å². The monoisotopic (exact) mass is 335 g/mol. The summed E-state index contributed by atoms with van der Waals surface area (Å²) < 4.78 is 36.7. The van der Waals surface area contributed by atoms with Gasteiger partial charge in [0.2, 0.25) is 5.09 Å². The van der Waals surface area contributed by atoms with E-state index in [0.717, 1.165) is 10.7 Å². The molecule has 1 N–H and O–H groups in total. The van der Waals surface area contributed by atoms with Gasteiger partial charge in [-0.1, -0.05) is 0 Å². The van der Waals surface area contributed by atoms with E-state index in [1.54, 1.807) is 0 Å². The van der Waals surface area contributed by atoms with Crippen molar-refractivity contribution in [3.63, 3.8) is 0 Å². The van der Waals surface area contributed by atoms with Gasteiger partial charge in [0.25, 0.3) is 10.0 Å². The molecule has 0 bridgehead atoms. The smallest absolute Gasteiger partial charge is 0.334 e. The predicted octanol–water partition coefficient (Wildman–Crippen LogP) is 1.33. The van der Waals surface area contributed by atoms with Crippen LogP contribution >= 0.6 is 11.6 Å². The molecule has 3 rings (SSSR count). The van der Waals surface area contributed by atoms with Crippen molar-refractivity contribution in [3.05, 3.63) is 17.4 Å². The number of carboxylic acids is 1. The van der Waals surface area contributed by atoms with E-state index in [-0.39, 0.29) is 23.4 Å². The standard InChI is InChI=1S/C12H14ClNO6S/c13-9-2-3-10(19-9)21(17,18)14-6-8(11(15)16)20-12(7-14)4-1-5-12/h2-3,8H,1,4-7H2,(H,15,16). The number of hydrogen-bond acceptors (Lipinski definition) is 5. The summed E-state index contributed by atoms with van der Waals surface area (Å²) in [4.78, 5) is 11.2. The Bertz CT molecular complexity index is 665. The van der Waals surface area contributed by atoms with Crippen molar-refractivity contribution in [3.8, 4) is 0 Å². The molecule has 7 nitrogen and oxygen atoms in total. The Kier molecular flexibility index (Phi) is 3.52. The first-order valence-corrected chi connectivity index (χ1v) is 8.30. The van der Waals surface area contributed by atoms with Crippen molar-refractivity contribution >= 4 is 27.6 Å². The van der Waals surface area contributed by atoms with Gasteiger partial charge in [0.15, 0.2) is 11.3 Å². The SMILES string of the molecule is O=C(O)C1CN(S(=O)(=O)c2ccc(Cl)o2)CC2(CCC2)O1. The maximum Gasteiger partial charge on any atom is 0.334 e. The van der Waals surface area contributed by atoms with Crippen LogP contribution in [0.4, 0.5) is 0 Å². The molecule has 2 fully saturated rings. The van der Waals surface area contributed by atoms with Crippen LogP contribution in [0.1, 0.15) is 19.3 Å². The first kappa shape index (κ1) is 14.8. The molecular formula is C12H14ClNO6S. The number of furan rings is 1. The molecule has 1 aromatic heterocycles. The molecule has 0 radical (unpaired) electrons. The maximum atomic E-state index is 12.5. The predicted molar refractivity (Wildman–Crippen MR) is 71.6 cm³/mol. The van der Waals surface area contributed by atoms with Crippen molar-refractivity contribution in [2.45, 2.75) is 36.1 Å². The number of sulfonamides is 1. The van der Waals surface area contributed by atoms with E-state index >= 15 is 0 Å². The highest BCUT2D eigenvalue weighted by molar-refractivity contribution is 7.89. The molecule has 21 heavy (non-hydrogen) atoms. The number of carbonyl (C=O) groups is 1. The Hall–Kier alpha value is -1.09. The van der Waals surface area contributed by atoms with Gasteiger partial charge in [-0.25, -0.2) is 13.2 Å². The van der Waals surface area contributed by atoms with Crippen LogP contribution < -0.4 is 0 Å². The molecule has 9 heteroatoms. The average Bonchev–Trinajstić information content (AvgIpc) is 2.83. The normalized spacial score (nSPS) is 25.7. The topological polar surface area (TPSA) is 97.1 Å². The maximum absolute atomic E-state index is 12.5. The molecule has 1 unspecified atom stereocenters. The number of halogens is 1. The highest BCUT2D eigenvalue weighted by atomic mass is 35.5. The van der Waals surface area contributed by atoms with Crippen LogP contribution in [0.15, 0.2) is 21.6 Å². The molecule has 1 aliphatic carbocycles. The summed E-state index contributed by atoms with van der Waals surface area (Å²) in [6.07, 6.45) is 1.04. The molecule has 1 aromatic rings. The number of hydrogen-bond donors (Lipinski definition) is 1. The lowest BCUT2D eigenvalue weighted by Gasteiger charge is -2.49.